The summed E-state index contributed by atoms with van der Waals surface area (Å²) in [5.41, 5.74) is -0.882. The summed E-state index contributed by atoms with van der Waals surface area (Å²) in [6.45, 7) is 3.77. The van der Waals surface area contributed by atoms with Crippen LogP contribution in [-0.2, 0) is 26.6 Å². The van der Waals surface area contributed by atoms with Crippen LogP contribution in [0.4, 0.5) is 32.0 Å². The second kappa shape index (κ2) is 12.7. The van der Waals surface area contributed by atoms with E-state index in [1.165, 1.54) is 12.1 Å². The highest BCUT2D eigenvalue weighted by atomic mass is 35.5. The second-order valence-corrected chi connectivity index (χ2v) is 12.5. The first-order valence-electron chi connectivity index (χ1n) is 14.9. The van der Waals surface area contributed by atoms with E-state index in [-0.39, 0.29) is 24.6 Å². The van der Waals surface area contributed by atoms with Crippen molar-refractivity contribution in [1.29, 1.82) is 0 Å². The minimum atomic E-state index is -5.16. The Kier molecular flexibility index (Phi) is 9.42. The average molecular weight is 670 g/mol. The molecule has 0 unspecified atom stereocenters. The van der Waals surface area contributed by atoms with Gasteiger partial charge in [-0.05, 0) is 92.4 Å². The number of fused-ring (bicyclic) bond motifs is 3. The fourth-order valence-corrected chi connectivity index (χ4v) is 7.23. The lowest BCUT2D eigenvalue weighted by molar-refractivity contribution is -0.143. The fourth-order valence-electron chi connectivity index (χ4n) is 7.00. The van der Waals surface area contributed by atoms with Crippen LogP contribution < -0.4 is 4.90 Å². The van der Waals surface area contributed by atoms with Gasteiger partial charge in [-0.1, -0.05) is 42.2 Å². The first-order valence-corrected chi connectivity index (χ1v) is 15.3. The van der Waals surface area contributed by atoms with E-state index in [2.05, 4.69) is 0 Å². The summed E-state index contributed by atoms with van der Waals surface area (Å²) < 4.78 is 87.4. The topological polar surface area (TPSA) is 87.1 Å². The van der Waals surface area contributed by atoms with Gasteiger partial charge in [0.05, 0.1) is 39.8 Å². The molecule has 4 atom stereocenters. The van der Waals surface area contributed by atoms with Gasteiger partial charge >= 0.3 is 19.5 Å². The molecule has 246 valence electrons. The summed E-state index contributed by atoms with van der Waals surface area (Å²) in [6, 6.07) is 5.35. The van der Waals surface area contributed by atoms with Crippen molar-refractivity contribution >= 4 is 42.3 Å². The first kappa shape index (κ1) is 34.1. The normalized spacial score (nSPS) is 24.1. The van der Waals surface area contributed by atoms with E-state index in [0.29, 0.717) is 46.0 Å². The number of halogens is 7. The molecule has 0 spiro atoms. The zero-order valence-electron chi connectivity index (χ0n) is 24.9. The van der Waals surface area contributed by atoms with Crippen LogP contribution in [0, 0.1) is 17.8 Å². The van der Waals surface area contributed by atoms with Gasteiger partial charge in [0, 0.05) is 0 Å². The summed E-state index contributed by atoms with van der Waals surface area (Å²) in [5, 5.41) is 20.8. The molecule has 2 saturated heterocycles. The van der Waals surface area contributed by atoms with Crippen molar-refractivity contribution in [2.45, 2.75) is 70.7 Å². The van der Waals surface area contributed by atoms with E-state index in [1.807, 2.05) is 13.0 Å². The quantitative estimate of drug-likeness (QED) is 0.135. The number of hydrogen-bond acceptors (Lipinski definition) is 5. The maximum absolute atomic E-state index is 13.8. The summed E-state index contributed by atoms with van der Waals surface area (Å²) in [7, 11) is -1.31. The van der Waals surface area contributed by atoms with Crippen LogP contribution in [0.1, 0.15) is 62.6 Å². The molecule has 2 heterocycles. The number of phenols is 1. The molecular formula is C32H31BClF6NO5. The molecule has 0 radical (unpaired) electrons. The Balaban J connectivity index is 1.45. The lowest BCUT2D eigenvalue weighted by Gasteiger charge is -2.42. The zero-order chi connectivity index (χ0) is 33.7. The van der Waals surface area contributed by atoms with Crippen molar-refractivity contribution in [3.05, 3.63) is 74.8 Å². The number of amides is 2. The van der Waals surface area contributed by atoms with E-state index in [9.17, 15) is 46.1 Å². The Morgan fingerprint density at radius 1 is 1.02 bits per heavy atom. The van der Waals surface area contributed by atoms with E-state index in [4.69, 9.17) is 16.3 Å². The highest BCUT2D eigenvalue weighted by Crippen LogP contribution is 2.52. The Bertz CT molecular complexity index is 1570. The number of phenolic OH excluding ortho intramolecular Hbond substituents is 1. The molecule has 2 aromatic rings. The Labute approximate surface area is 266 Å². The van der Waals surface area contributed by atoms with Crippen LogP contribution in [0.2, 0.25) is 11.3 Å². The lowest BCUT2D eigenvalue weighted by Crippen LogP contribution is -2.46. The molecule has 0 saturated carbocycles. The van der Waals surface area contributed by atoms with Gasteiger partial charge < -0.3 is 14.8 Å². The van der Waals surface area contributed by atoms with Gasteiger partial charge in [0.25, 0.3) is 0 Å². The van der Waals surface area contributed by atoms with E-state index < -0.39 is 72.0 Å². The Morgan fingerprint density at radius 3 is 2.26 bits per heavy atom. The molecule has 2 fully saturated rings. The Morgan fingerprint density at radius 2 is 1.67 bits per heavy atom. The molecule has 46 heavy (non-hydrogen) atoms. The summed E-state index contributed by atoms with van der Waals surface area (Å²) >= 11 is 6.30. The molecule has 5 rings (SSSR count). The number of nitrogens with zero attached hydrogens (tertiary/aromatic N) is 1. The molecule has 2 aliphatic heterocycles. The molecule has 0 aromatic heterocycles. The molecule has 6 nitrogen and oxygen atoms in total. The second-order valence-electron chi connectivity index (χ2n) is 12.1. The van der Waals surface area contributed by atoms with Gasteiger partial charge in [0.15, 0.2) is 0 Å². The fraction of sp³-hybridized carbons (Fsp3) is 0.438. The van der Waals surface area contributed by atoms with Crippen LogP contribution in [0.3, 0.4) is 0 Å². The number of benzene rings is 2. The maximum Gasteiger partial charge on any atom is 0.455 e. The van der Waals surface area contributed by atoms with Gasteiger partial charge in [0.2, 0.25) is 11.8 Å². The van der Waals surface area contributed by atoms with Crippen LogP contribution in [-0.4, -0.2) is 35.2 Å². The van der Waals surface area contributed by atoms with E-state index in [0.717, 1.165) is 24.0 Å². The minimum Gasteiger partial charge on any atom is -0.508 e. The average Bonchev–Trinajstić information content (AvgIpc) is 3.20. The molecule has 3 aliphatic rings. The SMILES string of the molecule is CCC/C(=C\c1ccc(O)cc1Cl)CC[C@H]1OB(O)C[C@H]2C1=C(C)C[C@H]1C(=O)N(c3cc(C(F)(F)F)cc(C(F)(F)F)c3)C(=O)[C@H]12. The molecule has 2 N–H and O–H groups in total. The van der Waals surface area contributed by atoms with Crippen molar-refractivity contribution in [2.75, 3.05) is 4.90 Å². The monoisotopic (exact) mass is 669 g/mol. The number of imide groups is 1. The third kappa shape index (κ3) is 6.73. The molecule has 2 amide bonds. The van der Waals surface area contributed by atoms with E-state index in [1.54, 1.807) is 13.0 Å². The number of alkyl halides is 6. The van der Waals surface area contributed by atoms with Gasteiger partial charge in [0.1, 0.15) is 5.75 Å². The smallest absolute Gasteiger partial charge is 0.455 e. The number of allylic oxidation sites excluding steroid dienone is 2. The van der Waals surface area contributed by atoms with E-state index >= 15 is 0 Å². The van der Waals surface area contributed by atoms with Gasteiger partial charge in [-0.25, -0.2) is 4.90 Å². The number of carbonyl (C=O) groups is 2. The molecule has 0 bridgehead atoms. The number of rotatable bonds is 7. The molecule has 14 heteroatoms. The largest absolute Gasteiger partial charge is 0.508 e. The summed E-state index contributed by atoms with van der Waals surface area (Å²) in [5.74, 6) is -4.55. The molecule has 2 aromatic carbocycles. The van der Waals surface area contributed by atoms with Crippen molar-refractivity contribution in [3.8, 4) is 5.75 Å². The molecule has 1 aliphatic carbocycles. The van der Waals surface area contributed by atoms with Gasteiger partial charge in [-0.3, -0.25) is 9.59 Å². The van der Waals surface area contributed by atoms with Crippen molar-refractivity contribution < 1.29 is 50.7 Å². The first-order chi connectivity index (χ1) is 21.5. The summed E-state index contributed by atoms with van der Waals surface area (Å²) in [4.78, 5) is 27.8. The minimum absolute atomic E-state index is 0.0280. The maximum atomic E-state index is 13.8. The van der Waals surface area contributed by atoms with Crippen LogP contribution in [0.15, 0.2) is 53.1 Å². The van der Waals surface area contributed by atoms with Crippen molar-refractivity contribution in [2.24, 2.45) is 17.8 Å². The summed E-state index contributed by atoms with van der Waals surface area (Å²) in [6.07, 6.45) is -6.58. The molecular weight excluding hydrogens is 639 g/mol. The van der Waals surface area contributed by atoms with Gasteiger partial charge in [-0.15, -0.1) is 0 Å². The van der Waals surface area contributed by atoms with Crippen LogP contribution in [0.25, 0.3) is 6.08 Å². The highest BCUT2D eigenvalue weighted by Gasteiger charge is 2.57. The number of anilines is 1. The third-order valence-electron chi connectivity index (χ3n) is 8.93. The van der Waals surface area contributed by atoms with Crippen LogP contribution >= 0.6 is 11.6 Å². The standard InChI is InChI=1S/C32H31BClF6NO5/c1-3-4-17(10-18-6-7-22(42)14-25(18)34)5-8-26-27-16(2)9-23-28(24(27)15-33(45)46-26)30(44)41(29(23)43)21-12-19(31(35,36)37)11-20(13-21)32(38,39)40/h6-7,10-14,23-24,26,28,42,45H,3-5,8-9,15H2,1-2H3/b17-10+/t23-,24+,26-,28-/m1/s1. The third-order valence-corrected chi connectivity index (χ3v) is 9.25. The zero-order valence-corrected chi connectivity index (χ0v) is 25.6. The lowest BCUT2D eigenvalue weighted by atomic mass is 9.58. The van der Waals surface area contributed by atoms with Crippen LogP contribution in [0.5, 0.6) is 5.75 Å². The number of hydrogen-bond donors (Lipinski definition) is 2. The highest BCUT2D eigenvalue weighted by molar-refractivity contribution is 6.43. The number of aromatic hydroxyl groups is 1. The van der Waals surface area contributed by atoms with Crippen molar-refractivity contribution in [1.82, 2.24) is 0 Å². The predicted octanol–water partition coefficient (Wildman–Crippen LogP) is 8.07. The predicted molar refractivity (Wildman–Crippen MR) is 160 cm³/mol. The van der Waals surface area contributed by atoms with Crippen molar-refractivity contribution in [3.63, 3.8) is 0 Å². The number of carbonyl (C=O) groups excluding carboxylic acids is 2. The Hall–Kier alpha value is -3.29. The van der Waals surface area contributed by atoms with Gasteiger partial charge in [-0.2, -0.15) is 26.3 Å².